The number of cyclic esters (lactones) is 1. The predicted molar refractivity (Wildman–Crippen MR) is 123 cm³/mol. The normalized spacial score (nSPS) is 19.8. The summed E-state index contributed by atoms with van der Waals surface area (Å²) >= 11 is 0. The van der Waals surface area contributed by atoms with Crippen molar-refractivity contribution >= 4 is 11.7 Å². The number of nitriles is 1. The van der Waals surface area contributed by atoms with Crippen LogP contribution in [0.4, 0.5) is 5.69 Å². The maximum absolute atomic E-state index is 11.8. The zero-order valence-corrected chi connectivity index (χ0v) is 19.0. The third kappa shape index (κ3) is 3.75. The summed E-state index contributed by atoms with van der Waals surface area (Å²) in [5.41, 5.74) is 7.40. The Labute approximate surface area is 189 Å². The first-order valence-corrected chi connectivity index (χ1v) is 11.6. The van der Waals surface area contributed by atoms with E-state index in [0.717, 1.165) is 61.5 Å². The number of aromatic nitrogens is 1. The van der Waals surface area contributed by atoms with Crippen LogP contribution in [-0.2, 0) is 17.8 Å². The van der Waals surface area contributed by atoms with E-state index in [1.165, 1.54) is 30.4 Å². The Kier molecular flexibility index (Phi) is 5.38. The molecule has 0 aliphatic carbocycles. The molecular weight excluding hydrogens is 400 g/mol. The minimum atomic E-state index is -0.187. The fourth-order valence-corrected chi connectivity index (χ4v) is 5.61. The fourth-order valence-electron chi connectivity index (χ4n) is 5.61. The van der Waals surface area contributed by atoms with Gasteiger partial charge in [0.1, 0.15) is 18.4 Å². The van der Waals surface area contributed by atoms with Crippen LogP contribution in [0.3, 0.4) is 0 Å². The number of hydrogen-bond acceptors (Lipinski definition) is 6. The average Bonchev–Trinajstić information content (AvgIpc) is 3.39. The number of hydrogen-bond donors (Lipinski definition) is 0. The van der Waals surface area contributed by atoms with E-state index in [9.17, 15) is 4.79 Å². The van der Waals surface area contributed by atoms with E-state index in [1.807, 2.05) is 19.2 Å². The van der Waals surface area contributed by atoms with Gasteiger partial charge in [0, 0.05) is 25.2 Å². The maximum atomic E-state index is 11.8. The first kappa shape index (κ1) is 21.0. The molecule has 1 aromatic carbocycles. The number of carbonyl (C=O) groups is 1. The Balaban J connectivity index is 1.16. The van der Waals surface area contributed by atoms with Crippen LogP contribution in [0.2, 0.25) is 0 Å². The van der Waals surface area contributed by atoms with Crippen LogP contribution in [0.1, 0.15) is 57.6 Å². The van der Waals surface area contributed by atoms with Crippen molar-refractivity contribution in [3.8, 4) is 6.07 Å². The number of piperidine rings is 1. The molecule has 2 fully saturated rings. The number of rotatable bonds is 4. The van der Waals surface area contributed by atoms with Gasteiger partial charge in [0.2, 0.25) is 0 Å². The first-order valence-electron chi connectivity index (χ1n) is 11.6. The molecule has 1 spiro atoms. The molecule has 1 aromatic heterocycles. The van der Waals surface area contributed by atoms with E-state index < -0.39 is 0 Å². The number of aryl methyl sites for hydroxylation is 1. The number of ether oxygens (including phenoxy) is 1. The summed E-state index contributed by atoms with van der Waals surface area (Å²) in [4.78, 5) is 21.1. The van der Waals surface area contributed by atoms with Crippen molar-refractivity contribution in [1.82, 2.24) is 9.88 Å². The topological polar surface area (TPSA) is 69.5 Å². The molecule has 3 aliphatic rings. The molecule has 6 nitrogen and oxygen atoms in total. The Hall–Kier alpha value is -2.91. The van der Waals surface area contributed by atoms with Gasteiger partial charge in [-0.15, -0.1) is 0 Å². The second kappa shape index (κ2) is 8.22. The number of likely N-dealkylation sites (tertiary alicyclic amines) is 1. The lowest BCUT2D eigenvalue weighted by Crippen LogP contribution is -2.42. The van der Waals surface area contributed by atoms with Crippen LogP contribution in [0.15, 0.2) is 24.4 Å². The number of nitrogens with zero attached hydrogens (tertiary/aromatic N) is 4. The van der Waals surface area contributed by atoms with E-state index in [2.05, 4.69) is 39.9 Å². The summed E-state index contributed by atoms with van der Waals surface area (Å²) in [6.45, 7) is 10.0. The van der Waals surface area contributed by atoms with Gasteiger partial charge in [0.05, 0.1) is 17.4 Å². The van der Waals surface area contributed by atoms with Crippen LogP contribution in [-0.4, -0.2) is 48.6 Å². The van der Waals surface area contributed by atoms with Gasteiger partial charge in [-0.3, -0.25) is 0 Å². The molecule has 0 N–H and O–H groups in total. The number of benzene rings is 1. The predicted octanol–water partition coefficient (Wildman–Crippen LogP) is 3.78. The van der Waals surface area contributed by atoms with Crippen LogP contribution in [0, 0.1) is 30.6 Å². The molecule has 2 saturated heterocycles. The molecular formula is C26H30N4O2. The summed E-state index contributed by atoms with van der Waals surface area (Å²) in [6.07, 6.45) is 6.58. The third-order valence-corrected chi connectivity index (χ3v) is 7.87. The molecule has 2 aromatic rings. The van der Waals surface area contributed by atoms with Crippen LogP contribution < -0.4 is 4.90 Å². The lowest BCUT2D eigenvalue weighted by atomic mass is 9.77. The summed E-state index contributed by atoms with van der Waals surface area (Å²) < 4.78 is 5.19. The highest BCUT2D eigenvalue weighted by Crippen LogP contribution is 2.42. The highest BCUT2D eigenvalue weighted by Gasteiger charge is 2.40. The molecule has 0 bridgehead atoms. The van der Waals surface area contributed by atoms with Gasteiger partial charge in [-0.25, -0.2) is 9.78 Å². The number of pyridine rings is 1. The molecule has 0 saturated carbocycles. The lowest BCUT2D eigenvalue weighted by molar-refractivity contribution is 0.0535. The molecule has 6 heteroatoms. The molecule has 0 unspecified atom stereocenters. The Morgan fingerprint density at radius 1 is 1.19 bits per heavy atom. The van der Waals surface area contributed by atoms with E-state index >= 15 is 0 Å². The number of fused-ring (bicyclic) bond motifs is 1. The summed E-state index contributed by atoms with van der Waals surface area (Å²) in [6, 6.07) is 8.31. The van der Waals surface area contributed by atoms with E-state index in [4.69, 9.17) is 10.00 Å². The molecule has 0 atom stereocenters. The first-order chi connectivity index (χ1) is 15.5. The molecule has 32 heavy (non-hydrogen) atoms. The highest BCUT2D eigenvalue weighted by molar-refractivity contribution is 5.93. The molecule has 166 valence electrons. The Bertz CT molecular complexity index is 1100. The minimum Gasteiger partial charge on any atom is -0.457 e. The molecule has 5 rings (SSSR count). The largest absolute Gasteiger partial charge is 0.457 e. The van der Waals surface area contributed by atoms with Crippen molar-refractivity contribution in [2.75, 3.05) is 37.6 Å². The van der Waals surface area contributed by atoms with Crippen molar-refractivity contribution < 1.29 is 9.53 Å². The fraction of sp³-hybridized carbons (Fsp3) is 0.500. The Morgan fingerprint density at radius 3 is 2.72 bits per heavy atom. The number of esters is 1. The van der Waals surface area contributed by atoms with E-state index in [1.54, 1.807) is 0 Å². The number of anilines is 1. The second-order valence-corrected chi connectivity index (χ2v) is 9.69. The SMILES string of the molecule is Cc1cc(N2CCC3(CCN(CCc4ccc5c(c4C)COC5=O)CC3)C2)cnc1C#N. The summed E-state index contributed by atoms with van der Waals surface area (Å²) in [7, 11) is 0. The van der Waals surface area contributed by atoms with Crippen LogP contribution in [0.25, 0.3) is 0 Å². The molecule has 4 heterocycles. The third-order valence-electron chi connectivity index (χ3n) is 7.87. The molecule has 0 amide bonds. The molecule has 3 aliphatic heterocycles. The van der Waals surface area contributed by atoms with Crippen molar-refractivity contribution in [3.05, 3.63) is 57.9 Å². The standard InChI is InChI=1S/C26H30N4O2/c1-18-13-21(15-28-24(18)14-27)30-12-8-26(17-30)6-10-29(11-7-26)9-5-20-3-4-22-23(19(20)2)16-32-25(22)31/h3-4,13,15H,5-12,16-17H2,1-2H3. The molecule has 0 radical (unpaired) electrons. The highest BCUT2D eigenvalue weighted by atomic mass is 16.5. The summed E-state index contributed by atoms with van der Waals surface area (Å²) in [5, 5.41) is 9.13. The van der Waals surface area contributed by atoms with Crippen molar-refractivity contribution in [1.29, 1.82) is 5.26 Å². The zero-order valence-electron chi connectivity index (χ0n) is 19.0. The van der Waals surface area contributed by atoms with Gasteiger partial charge in [-0.2, -0.15) is 5.26 Å². The van der Waals surface area contributed by atoms with Crippen LogP contribution >= 0.6 is 0 Å². The van der Waals surface area contributed by atoms with Crippen LogP contribution in [0.5, 0.6) is 0 Å². The van der Waals surface area contributed by atoms with Gasteiger partial charge in [-0.1, -0.05) is 6.07 Å². The quantitative estimate of drug-likeness (QED) is 0.688. The second-order valence-electron chi connectivity index (χ2n) is 9.69. The van der Waals surface area contributed by atoms with Crippen molar-refractivity contribution in [3.63, 3.8) is 0 Å². The van der Waals surface area contributed by atoms with Gasteiger partial charge in [0.25, 0.3) is 0 Å². The van der Waals surface area contributed by atoms with Gasteiger partial charge in [0.15, 0.2) is 0 Å². The van der Waals surface area contributed by atoms with Crippen molar-refractivity contribution in [2.45, 2.75) is 46.1 Å². The average molecular weight is 431 g/mol. The van der Waals surface area contributed by atoms with E-state index in [0.29, 0.717) is 17.7 Å². The summed E-state index contributed by atoms with van der Waals surface area (Å²) in [5.74, 6) is -0.187. The number of carbonyl (C=O) groups excluding carboxylic acids is 1. The maximum Gasteiger partial charge on any atom is 0.338 e. The Morgan fingerprint density at radius 2 is 1.97 bits per heavy atom. The minimum absolute atomic E-state index is 0.187. The van der Waals surface area contributed by atoms with E-state index in [-0.39, 0.29) is 5.97 Å². The van der Waals surface area contributed by atoms with Crippen molar-refractivity contribution in [2.24, 2.45) is 5.41 Å². The zero-order chi connectivity index (χ0) is 22.3. The van der Waals surface area contributed by atoms with Gasteiger partial charge in [-0.05, 0) is 86.9 Å². The smallest absolute Gasteiger partial charge is 0.338 e. The van der Waals surface area contributed by atoms with Gasteiger partial charge < -0.3 is 14.5 Å². The van der Waals surface area contributed by atoms with Gasteiger partial charge >= 0.3 is 5.97 Å². The lowest BCUT2D eigenvalue weighted by Gasteiger charge is -2.39. The monoisotopic (exact) mass is 430 g/mol.